The zero-order chi connectivity index (χ0) is 16.3. The highest BCUT2D eigenvalue weighted by Gasteiger charge is 2.17. The minimum atomic E-state index is -2.30. The van der Waals surface area contributed by atoms with E-state index >= 15 is 0 Å². The molecule has 0 aliphatic rings. The van der Waals surface area contributed by atoms with Crippen molar-refractivity contribution >= 4 is 13.8 Å². The van der Waals surface area contributed by atoms with E-state index in [4.69, 9.17) is 9.05 Å². The molecule has 0 saturated carbocycles. The zero-order valence-electron chi connectivity index (χ0n) is 14.4. The van der Waals surface area contributed by atoms with Crippen molar-refractivity contribution < 1.29 is 9.05 Å². The Hall–Kier alpha value is -0.760. The highest BCUT2D eigenvalue weighted by molar-refractivity contribution is 7.62. The van der Waals surface area contributed by atoms with E-state index in [1.807, 2.05) is 31.2 Å². The van der Waals surface area contributed by atoms with Gasteiger partial charge in [0.05, 0.1) is 6.61 Å². The van der Waals surface area contributed by atoms with Crippen molar-refractivity contribution in [3.05, 3.63) is 29.8 Å². The lowest BCUT2D eigenvalue weighted by Crippen LogP contribution is -2.19. The van der Waals surface area contributed by atoms with Gasteiger partial charge in [-0.05, 0) is 37.7 Å². The van der Waals surface area contributed by atoms with Gasteiger partial charge in [-0.2, -0.15) is 0 Å². The first-order chi connectivity index (χ1) is 10.6. The summed E-state index contributed by atoms with van der Waals surface area (Å²) in [5, 5.41) is 3.45. The van der Waals surface area contributed by atoms with E-state index in [0.717, 1.165) is 37.1 Å². The van der Waals surface area contributed by atoms with Crippen LogP contribution in [0.25, 0.3) is 0 Å². The maximum absolute atomic E-state index is 6.15. The summed E-state index contributed by atoms with van der Waals surface area (Å²) in [4.78, 5) is 0. The van der Waals surface area contributed by atoms with Crippen molar-refractivity contribution in [2.75, 3.05) is 13.2 Å². The van der Waals surface area contributed by atoms with Crippen molar-refractivity contribution in [2.24, 2.45) is 0 Å². The normalized spacial score (nSPS) is 13.8. The summed E-state index contributed by atoms with van der Waals surface area (Å²) in [6, 6.07) is 8.03. The predicted molar refractivity (Wildman–Crippen MR) is 98.9 cm³/mol. The van der Waals surface area contributed by atoms with Crippen LogP contribution in [0.3, 0.4) is 0 Å². The molecule has 1 aromatic carbocycles. The van der Waals surface area contributed by atoms with Crippen LogP contribution in [0.2, 0.25) is 0 Å². The molecule has 1 unspecified atom stereocenters. The molecular weight excluding hydrogens is 293 g/mol. The molecule has 1 atom stereocenters. The zero-order valence-corrected chi connectivity index (χ0v) is 15.3. The third kappa shape index (κ3) is 7.49. The lowest BCUT2D eigenvalue weighted by Gasteiger charge is -2.27. The molecule has 0 saturated heterocycles. The van der Waals surface area contributed by atoms with Crippen LogP contribution in [0, 0.1) is 6.92 Å². The number of para-hydroxylation sites is 1. The SMILES string of the molecule is C=P(NCCCCCC)(OCCCC)Oc1ccccc1C. The van der Waals surface area contributed by atoms with Gasteiger partial charge in [-0.1, -0.05) is 57.7 Å². The van der Waals surface area contributed by atoms with Crippen LogP contribution in [-0.2, 0) is 4.52 Å². The molecule has 1 rings (SSSR count). The highest BCUT2D eigenvalue weighted by atomic mass is 31.2. The van der Waals surface area contributed by atoms with Gasteiger partial charge < -0.3 is 9.05 Å². The van der Waals surface area contributed by atoms with E-state index in [1.54, 1.807) is 0 Å². The van der Waals surface area contributed by atoms with Crippen LogP contribution < -0.4 is 9.61 Å². The van der Waals surface area contributed by atoms with Crippen molar-refractivity contribution in [1.82, 2.24) is 5.09 Å². The van der Waals surface area contributed by atoms with Gasteiger partial charge in [-0.25, -0.2) is 5.09 Å². The van der Waals surface area contributed by atoms with Gasteiger partial charge in [0.2, 0.25) is 7.49 Å². The lowest BCUT2D eigenvalue weighted by molar-refractivity contribution is 0.295. The average molecular weight is 325 g/mol. The third-order valence-corrected chi connectivity index (χ3v) is 5.32. The molecule has 22 heavy (non-hydrogen) atoms. The number of rotatable bonds is 12. The van der Waals surface area contributed by atoms with Gasteiger partial charge in [-0.3, -0.25) is 0 Å². The molecule has 0 radical (unpaired) electrons. The van der Waals surface area contributed by atoms with Gasteiger partial charge in [0, 0.05) is 6.54 Å². The van der Waals surface area contributed by atoms with E-state index in [2.05, 4.69) is 25.2 Å². The second-order valence-corrected chi connectivity index (χ2v) is 7.79. The van der Waals surface area contributed by atoms with Crippen LogP contribution >= 0.6 is 7.49 Å². The van der Waals surface area contributed by atoms with Crippen LogP contribution in [0.4, 0.5) is 0 Å². The predicted octanol–water partition coefficient (Wildman–Crippen LogP) is 5.56. The van der Waals surface area contributed by atoms with E-state index in [-0.39, 0.29) is 0 Å². The largest absolute Gasteiger partial charge is 0.440 e. The Kier molecular flexibility index (Phi) is 9.54. The Labute approximate surface area is 136 Å². The molecule has 0 heterocycles. The number of hydrogen-bond donors (Lipinski definition) is 1. The van der Waals surface area contributed by atoms with Crippen molar-refractivity contribution in [3.63, 3.8) is 0 Å². The second-order valence-electron chi connectivity index (χ2n) is 5.69. The Bertz CT molecular complexity index is 462. The number of benzene rings is 1. The minimum Gasteiger partial charge on any atom is -0.440 e. The van der Waals surface area contributed by atoms with Crippen LogP contribution in [-0.4, -0.2) is 19.5 Å². The summed E-state index contributed by atoms with van der Waals surface area (Å²) >= 11 is 0. The maximum atomic E-state index is 6.15. The van der Waals surface area contributed by atoms with E-state index in [9.17, 15) is 0 Å². The summed E-state index contributed by atoms with van der Waals surface area (Å²) in [5.41, 5.74) is 1.11. The fourth-order valence-electron chi connectivity index (χ4n) is 2.08. The molecule has 1 N–H and O–H groups in total. The average Bonchev–Trinajstić information content (AvgIpc) is 2.50. The number of nitrogens with one attached hydrogen (secondary N) is 1. The van der Waals surface area contributed by atoms with Crippen LogP contribution in [0.1, 0.15) is 57.9 Å². The minimum absolute atomic E-state index is 0.696. The number of hydrogen-bond acceptors (Lipinski definition) is 3. The molecule has 3 nitrogen and oxygen atoms in total. The Morgan fingerprint density at radius 3 is 2.45 bits per heavy atom. The summed E-state index contributed by atoms with van der Waals surface area (Å²) in [6.07, 6.45) is 11.3. The Morgan fingerprint density at radius 2 is 1.77 bits per heavy atom. The highest BCUT2D eigenvalue weighted by Crippen LogP contribution is 2.44. The number of aryl methyl sites for hydroxylation is 1. The molecular formula is C18H32NO2P. The molecule has 4 heteroatoms. The molecule has 0 fully saturated rings. The van der Waals surface area contributed by atoms with Crippen molar-refractivity contribution in [1.29, 1.82) is 0 Å². The number of unbranched alkanes of at least 4 members (excludes halogenated alkanes) is 4. The fourth-order valence-corrected chi connectivity index (χ4v) is 3.73. The molecule has 0 amide bonds. The van der Waals surface area contributed by atoms with Crippen molar-refractivity contribution in [3.8, 4) is 5.75 Å². The summed E-state index contributed by atoms with van der Waals surface area (Å²) in [5.74, 6) is 0.864. The van der Waals surface area contributed by atoms with E-state index in [1.165, 1.54) is 19.3 Å². The fraction of sp³-hybridized carbons (Fsp3) is 0.611. The molecule has 0 aliphatic carbocycles. The lowest BCUT2D eigenvalue weighted by atomic mass is 10.2. The molecule has 126 valence electrons. The Morgan fingerprint density at radius 1 is 1.05 bits per heavy atom. The smallest absolute Gasteiger partial charge is 0.237 e. The first kappa shape index (κ1) is 19.3. The quantitative estimate of drug-likeness (QED) is 0.403. The summed E-state index contributed by atoms with van der Waals surface area (Å²) < 4.78 is 12.2. The molecule has 0 aliphatic heterocycles. The third-order valence-electron chi connectivity index (χ3n) is 3.52. The molecule has 0 spiro atoms. The van der Waals surface area contributed by atoms with Gasteiger partial charge in [0.15, 0.2) is 0 Å². The monoisotopic (exact) mass is 325 g/mol. The van der Waals surface area contributed by atoms with Crippen molar-refractivity contribution in [2.45, 2.75) is 59.3 Å². The van der Waals surface area contributed by atoms with Crippen LogP contribution in [0.15, 0.2) is 24.3 Å². The van der Waals surface area contributed by atoms with Crippen LogP contribution in [0.5, 0.6) is 5.75 Å². The van der Waals surface area contributed by atoms with E-state index < -0.39 is 7.49 Å². The first-order valence-electron chi connectivity index (χ1n) is 8.49. The van der Waals surface area contributed by atoms with Gasteiger partial charge in [0.25, 0.3) is 0 Å². The molecule has 0 bridgehead atoms. The molecule has 1 aromatic rings. The second kappa shape index (κ2) is 10.9. The standard InChI is InChI=1S/C18H32NO2P/c1-5-7-9-12-15-19-22(4,20-16-8-6-2)21-18-14-11-10-13-17(18)3/h10-11,13-14,19H,4-9,12,15-16H2,1-3H3. The maximum Gasteiger partial charge on any atom is 0.237 e. The van der Waals surface area contributed by atoms with Gasteiger partial charge in [-0.15, -0.1) is 0 Å². The summed E-state index contributed by atoms with van der Waals surface area (Å²) in [7, 11) is -2.30. The van der Waals surface area contributed by atoms with E-state index in [0.29, 0.717) is 6.61 Å². The van der Waals surface area contributed by atoms with Gasteiger partial charge in [0.1, 0.15) is 5.75 Å². The summed E-state index contributed by atoms with van der Waals surface area (Å²) in [6.45, 7) is 8.03. The molecule has 0 aromatic heterocycles. The topological polar surface area (TPSA) is 30.5 Å². The van der Waals surface area contributed by atoms with Gasteiger partial charge >= 0.3 is 0 Å². The first-order valence-corrected chi connectivity index (χ1v) is 10.3. The Balaban J connectivity index is 2.61.